The fraction of sp³-hybridized carbons (Fsp3) is 0.364. The Kier molecular flexibility index (Phi) is 13.6. The highest BCUT2D eigenvalue weighted by Crippen LogP contribution is 2.30. The maximum atomic E-state index is 6.03. The van der Waals surface area contributed by atoms with Gasteiger partial charge >= 0.3 is 0 Å². The molecule has 6 aromatic rings. The van der Waals surface area contributed by atoms with Gasteiger partial charge in [0.05, 0.1) is 13.2 Å². The number of rotatable bonds is 21. The third-order valence-corrected chi connectivity index (χ3v) is 9.18. The average molecular weight is 699 g/mol. The van der Waals surface area contributed by atoms with Crippen LogP contribution < -0.4 is 9.47 Å². The molecular formula is C44H50N4O4. The van der Waals surface area contributed by atoms with Crippen LogP contribution in [-0.2, 0) is 0 Å². The van der Waals surface area contributed by atoms with Crippen LogP contribution in [0.3, 0.4) is 0 Å². The Labute approximate surface area is 307 Å². The van der Waals surface area contributed by atoms with Crippen LogP contribution in [-0.4, -0.2) is 33.6 Å². The Hall–Kier alpha value is -5.24. The van der Waals surface area contributed by atoms with E-state index in [0.717, 1.165) is 70.9 Å². The molecular weight excluding hydrogens is 649 g/mol. The monoisotopic (exact) mass is 698 g/mol. The standard InChI is InChI=1S/C44H50N4O4/c1-3-5-7-9-11-13-31-49-39-27-23-37(24-28-39)43-47-45-41(51-43)35-19-15-33(16-20-35)34-17-21-36(22-18-34)42-46-48-44(52-42)38-25-29-40(30-26-38)50-32-14-12-10-8-6-4-2/h15-30H,3-14,31-32H2,1-2H3. The van der Waals surface area contributed by atoms with E-state index in [0.29, 0.717) is 23.6 Å². The minimum Gasteiger partial charge on any atom is -0.494 e. The molecule has 2 heterocycles. The molecule has 8 heteroatoms. The van der Waals surface area contributed by atoms with Crippen molar-refractivity contribution in [2.24, 2.45) is 0 Å². The molecule has 270 valence electrons. The first-order valence-electron chi connectivity index (χ1n) is 19.0. The summed E-state index contributed by atoms with van der Waals surface area (Å²) in [5.74, 6) is 3.61. The van der Waals surface area contributed by atoms with Gasteiger partial charge in [0.15, 0.2) is 0 Å². The van der Waals surface area contributed by atoms with Crippen LogP contribution >= 0.6 is 0 Å². The summed E-state index contributed by atoms with van der Waals surface area (Å²) in [5, 5.41) is 17.2. The van der Waals surface area contributed by atoms with Gasteiger partial charge in [-0.15, -0.1) is 20.4 Å². The second-order valence-corrected chi connectivity index (χ2v) is 13.3. The van der Waals surface area contributed by atoms with Gasteiger partial charge in [-0.25, -0.2) is 0 Å². The summed E-state index contributed by atoms with van der Waals surface area (Å²) in [6.07, 6.45) is 14.9. The van der Waals surface area contributed by atoms with E-state index in [4.69, 9.17) is 18.3 Å². The first kappa shape index (κ1) is 36.5. The predicted molar refractivity (Wildman–Crippen MR) is 207 cm³/mol. The molecule has 0 aliphatic heterocycles. The van der Waals surface area contributed by atoms with Gasteiger partial charge in [0.1, 0.15) is 11.5 Å². The van der Waals surface area contributed by atoms with E-state index in [2.05, 4.69) is 58.5 Å². The zero-order valence-corrected chi connectivity index (χ0v) is 30.6. The molecule has 0 saturated carbocycles. The third-order valence-electron chi connectivity index (χ3n) is 9.18. The normalized spacial score (nSPS) is 11.2. The molecule has 0 atom stereocenters. The number of hydrogen-bond acceptors (Lipinski definition) is 8. The Morgan fingerprint density at radius 1 is 0.346 bits per heavy atom. The molecule has 0 spiro atoms. The molecule has 8 nitrogen and oxygen atoms in total. The van der Waals surface area contributed by atoms with Crippen molar-refractivity contribution in [3.63, 3.8) is 0 Å². The van der Waals surface area contributed by atoms with Crippen molar-refractivity contribution >= 4 is 0 Å². The van der Waals surface area contributed by atoms with Crippen LogP contribution in [0.25, 0.3) is 56.9 Å². The van der Waals surface area contributed by atoms with Crippen molar-refractivity contribution < 1.29 is 18.3 Å². The van der Waals surface area contributed by atoms with Crippen LogP contribution in [0, 0.1) is 0 Å². The van der Waals surface area contributed by atoms with Gasteiger partial charge in [0.25, 0.3) is 0 Å². The van der Waals surface area contributed by atoms with Crippen LogP contribution in [0.4, 0.5) is 0 Å². The van der Waals surface area contributed by atoms with Gasteiger partial charge < -0.3 is 18.3 Å². The average Bonchev–Trinajstić information content (AvgIpc) is 3.90. The summed E-state index contributed by atoms with van der Waals surface area (Å²) < 4.78 is 23.9. The second-order valence-electron chi connectivity index (χ2n) is 13.3. The van der Waals surface area contributed by atoms with E-state index in [9.17, 15) is 0 Å². The molecule has 0 N–H and O–H groups in total. The number of unbranched alkanes of at least 4 members (excludes halogenated alkanes) is 10. The largest absolute Gasteiger partial charge is 0.494 e. The molecule has 0 aliphatic rings. The fourth-order valence-electron chi connectivity index (χ4n) is 6.06. The van der Waals surface area contributed by atoms with Crippen LogP contribution in [0.2, 0.25) is 0 Å². The number of ether oxygens (including phenoxy) is 2. The minimum atomic E-state index is 0.475. The van der Waals surface area contributed by atoms with Gasteiger partial charge in [0.2, 0.25) is 23.6 Å². The lowest BCUT2D eigenvalue weighted by atomic mass is 10.0. The molecule has 0 unspecified atom stereocenters. The van der Waals surface area contributed by atoms with Gasteiger partial charge in [-0.05, 0) is 96.8 Å². The Morgan fingerprint density at radius 2 is 0.615 bits per heavy atom. The molecule has 4 aromatic carbocycles. The Bertz CT molecular complexity index is 1760. The summed E-state index contributed by atoms with van der Waals surface area (Å²) in [4.78, 5) is 0. The van der Waals surface area contributed by atoms with E-state index in [-0.39, 0.29) is 0 Å². The molecule has 0 saturated heterocycles. The zero-order chi connectivity index (χ0) is 35.8. The smallest absolute Gasteiger partial charge is 0.248 e. The second kappa shape index (κ2) is 19.4. The van der Waals surface area contributed by atoms with E-state index in [1.165, 1.54) is 64.2 Å². The van der Waals surface area contributed by atoms with Gasteiger partial charge in [-0.1, -0.05) is 102 Å². The van der Waals surface area contributed by atoms with Crippen molar-refractivity contribution in [1.82, 2.24) is 20.4 Å². The molecule has 0 fully saturated rings. The third kappa shape index (κ3) is 10.4. The predicted octanol–water partition coefficient (Wildman–Crippen LogP) is 12.3. The molecule has 0 aliphatic carbocycles. The topological polar surface area (TPSA) is 96.3 Å². The summed E-state index contributed by atoms with van der Waals surface area (Å²) >= 11 is 0. The molecule has 6 rings (SSSR count). The summed E-state index contributed by atoms with van der Waals surface area (Å²) in [6, 6.07) is 31.9. The van der Waals surface area contributed by atoms with Crippen LogP contribution in [0.15, 0.2) is 106 Å². The number of hydrogen-bond donors (Lipinski definition) is 0. The Balaban J connectivity index is 0.985. The zero-order valence-electron chi connectivity index (χ0n) is 30.6. The quantitative estimate of drug-likeness (QED) is 0.0685. The van der Waals surface area contributed by atoms with Crippen molar-refractivity contribution in [2.75, 3.05) is 13.2 Å². The highest BCUT2D eigenvalue weighted by molar-refractivity contribution is 5.70. The lowest BCUT2D eigenvalue weighted by Crippen LogP contribution is -1.97. The lowest BCUT2D eigenvalue weighted by Gasteiger charge is -2.06. The van der Waals surface area contributed by atoms with Crippen molar-refractivity contribution in [3.05, 3.63) is 97.1 Å². The first-order valence-corrected chi connectivity index (χ1v) is 19.0. The SMILES string of the molecule is CCCCCCCCOc1ccc(-c2nnc(-c3ccc(-c4ccc(-c5nnc(-c6ccc(OCCCCCCCC)cc6)o5)cc4)cc3)o2)cc1. The van der Waals surface area contributed by atoms with E-state index in [1.807, 2.05) is 72.8 Å². The molecule has 0 amide bonds. The van der Waals surface area contributed by atoms with Crippen LogP contribution in [0.1, 0.15) is 90.9 Å². The molecule has 2 aromatic heterocycles. The fourth-order valence-corrected chi connectivity index (χ4v) is 6.06. The van der Waals surface area contributed by atoms with E-state index < -0.39 is 0 Å². The summed E-state index contributed by atoms with van der Waals surface area (Å²) in [6.45, 7) is 5.95. The van der Waals surface area contributed by atoms with E-state index in [1.54, 1.807) is 0 Å². The highest BCUT2D eigenvalue weighted by atomic mass is 16.5. The maximum Gasteiger partial charge on any atom is 0.248 e. The minimum absolute atomic E-state index is 0.475. The van der Waals surface area contributed by atoms with Crippen molar-refractivity contribution in [3.8, 4) is 68.4 Å². The summed E-state index contributed by atoms with van der Waals surface area (Å²) in [5.41, 5.74) is 5.56. The van der Waals surface area contributed by atoms with Gasteiger partial charge in [0, 0.05) is 22.3 Å². The highest BCUT2D eigenvalue weighted by Gasteiger charge is 2.13. The maximum absolute atomic E-state index is 6.03. The number of nitrogens with zero attached hydrogens (tertiary/aromatic N) is 4. The number of benzene rings is 4. The first-order chi connectivity index (χ1) is 25.7. The van der Waals surface area contributed by atoms with Gasteiger partial charge in [-0.3, -0.25) is 0 Å². The van der Waals surface area contributed by atoms with Crippen LogP contribution in [0.5, 0.6) is 11.5 Å². The van der Waals surface area contributed by atoms with E-state index >= 15 is 0 Å². The lowest BCUT2D eigenvalue weighted by molar-refractivity contribution is 0.304. The molecule has 0 bridgehead atoms. The molecule has 0 radical (unpaired) electrons. The van der Waals surface area contributed by atoms with Crippen molar-refractivity contribution in [1.29, 1.82) is 0 Å². The molecule has 52 heavy (non-hydrogen) atoms. The van der Waals surface area contributed by atoms with Crippen molar-refractivity contribution in [2.45, 2.75) is 90.9 Å². The number of aromatic nitrogens is 4. The van der Waals surface area contributed by atoms with Gasteiger partial charge in [-0.2, -0.15) is 0 Å². The Morgan fingerprint density at radius 3 is 0.942 bits per heavy atom. The summed E-state index contributed by atoms with van der Waals surface area (Å²) in [7, 11) is 0.